The van der Waals surface area contributed by atoms with Crippen molar-refractivity contribution >= 4 is 11.8 Å². The average Bonchev–Trinajstić information content (AvgIpc) is 2.82. The van der Waals surface area contributed by atoms with Gasteiger partial charge in [-0.2, -0.15) is 0 Å². The zero-order valence-electron chi connectivity index (χ0n) is 11.2. The zero-order chi connectivity index (χ0) is 13.9. The second-order valence-corrected chi connectivity index (χ2v) is 6.09. The molecule has 0 bridgehead atoms. The van der Waals surface area contributed by atoms with Crippen LogP contribution in [-0.2, 0) is 14.3 Å². The molecule has 4 heteroatoms. The summed E-state index contributed by atoms with van der Waals surface area (Å²) in [7, 11) is 0. The van der Waals surface area contributed by atoms with E-state index in [-0.39, 0.29) is 36.1 Å². The van der Waals surface area contributed by atoms with Gasteiger partial charge < -0.3 is 9.84 Å². The van der Waals surface area contributed by atoms with Gasteiger partial charge >= 0.3 is 5.97 Å². The number of rotatable bonds is 0. The van der Waals surface area contributed by atoms with Crippen LogP contribution in [0.1, 0.15) is 26.7 Å². The van der Waals surface area contributed by atoms with Crippen molar-refractivity contribution in [3.8, 4) is 0 Å². The minimum absolute atomic E-state index is 0.0744. The monoisotopic (exact) mass is 262 g/mol. The molecule has 1 aliphatic heterocycles. The van der Waals surface area contributed by atoms with Crippen LogP contribution in [0.3, 0.4) is 0 Å². The van der Waals surface area contributed by atoms with E-state index < -0.39 is 11.6 Å². The molecule has 4 nitrogen and oxygen atoms in total. The number of ether oxygens (including phenoxy) is 1. The van der Waals surface area contributed by atoms with Crippen LogP contribution in [0.5, 0.6) is 0 Å². The molecular weight excluding hydrogens is 244 g/mol. The molecule has 0 unspecified atom stereocenters. The van der Waals surface area contributed by atoms with E-state index in [1.807, 2.05) is 13.0 Å². The van der Waals surface area contributed by atoms with Crippen molar-refractivity contribution in [2.75, 3.05) is 0 Å². The van der Waals surface area contributed by atoms with E-state index in [9.17, 15) is 14.7 Å². The summed E-state index contributed by atoms with van der Waals surface area (Å²) in [6, 6.07) is 0. The first-order chi connectivity index (χ1) is 8.84. The van der Waals surface area contributed by atoms with Crippen molar-refractivity contribution < 1.29 is 19.4 Å². The quantitative estimate of drug-likeness (QED) is 0.407. The molecule has 19 heavy (non-hydrogen) atoms. The van der Waals surface area contributed by atoms with Crippen LogP contribution >= 0.6 is 0 Å². The maximum absolute atomic E-state index is 12.3. The lowest BCUT2D eigenvalue weighted by molar-refractivity contribution is -0.145. The molecule has 3 aliphatic rings. The van der Waals surface area contributed by atoms with Gasteiger partial charge in [0.05, 0.1) is 0 Å². The van der Waals surface area contributed by atoms with E-state index in [4.69, 9.17) is 4.74 Å². The largest absolute Gasteiger partial charge is 0.458 e. The third kappa shape index (κ3) is 1.56. The van der Waals surface area contributed by atoms with E-state index in [1.165, 1.54) is 0 Å². The average molecular weight is 262 g/mol. The molecule has 0 amide bonds. The minimum Gasteiger partial charge on any atom is -0.458 e. The number of carbonyl (C=O) groups is 2. The Labute approximate surface area is 112 Å². The number of carbonyl (C=O) groups excluding carboxylic acids is 2. The predicted molar refractivity (Wildman–Crippen MR) is 68.1 cm³/mol. The van der Waals surface area contributed by atoms with Crippen LogP contribution in [0, 0.1) is 17.8 Å². The van der Waals surface area contributed by atoms with Gasteiger partial charge in [0.2, 0.25) is 0 Å². The fourth-order valence-electron chi connectivity index (χ4n) is 3.79. The van der Waals surface area contributed by atoms with Gasteiger partial charge in [-0.25, -0.2) is 4.79 Å². The number of esters is 1. The molecular formula is C15H18O4. The summed E-state index contributed by atoms with van der Waals surface area (Å²) in [5.74, 6) is -1.17. The second kappa shape index (κ2) is 3.79. The highest BCUT2D eigenvalue weighted by atomic mass is 16.6. The lowest BCUT2D eigenvalue weighted by Crippen LogP contribution is -2.45. The molecule has 102 valence electrons. The molecule has 0 aromatic rings. The van der Waals surface area contributed by atoms with E-state index in [1.54, 1.807) is 6.92 Å². The van der Waals surface area contributed by atoms with Crippen molar-refractivity contribution in [3.05, 3.63) is 23.8 Å². The van der Waals surface area contributed by atoms with E-state index in [0.29, 0.717) is 12.0 Å². The first-order valence-electron chi connectivity index (χ1n) is 6.66. The normalized spacial score (nSPS) is 45.4. The summed E-state index contributed by atoms with van der Waals surface area (Å²) in [5.41, 5.74) is 0.114. The Bertz CT molecular complexity index is 514. The first kappa shape index (κ1) is 12.6. The lowest BCUT2D eigenvalue weighted by atomic mass is 9.76. The highest BCUT2D eigenvalue weighted by Crippen LogP contribution is 2.50. The van der Waals surface area contributed by atoms with Gasteiger partial charge in [0.25, 0.3) is 0 Å². The summed E-state index contributed by atoms with van der Waals surface area (Å²) < 4.78 is 5.44. The third-order valence-corrected chi connectivity index (χ3v) is 5.05. The first-order valence-corrected chi connectivity index (χ1v) is 6.66. The van der Waals surface area contributed by atoms with Crippen molar-refractivity contribution in [3.63, 3.8) is 0 Å². The third-order valence-electron chi connectivity index (χ3n) is 5.05. The highest BCUT2D eigenvalue weighted by molar-refractivity contribution is 5.95. The lowest BCUT2D eigenvalue weighted by Gasteiger charge is -2.33. The van der Waals surface area contributed by atoms with Crippen molar-refractivity contribution in [2.24, 2.45) is 17.8 Å². The molecule has 5 atom stereocenters. The van der Waals surface area contributed by atoms with Crippen LogP contribution in [0.4, 0.5) is 0 Å². The maximum Gasteiger partial charge on any atom is 0.334 e. The second-order valence-electron chi connectivity index (χ2n) is 6.09. The van der Waals surface area contributed by atoms with Crippen molar-refractivity contribution in [1.29, 1.82) is 0 Å². The molecule has 2 fully saturated rings. The Morgan fingerprint density at radius 3 is 2.84 bits per heavy atom. The van der Waals surface area contributed by atoms with Gasteiger partial charge in [0, 0.05) is 29.7 Å². The molecule has 3 rings (SSSR count). The summed E-state index contributed by atoms with van der Waals surface area (Å²) in [6.45, 7) is 7.32. The van der Waals surface area contributed by atoms with E-state index >= 15 is 0 Å². The Hall–Kier alpha value is -1.42. The Morgan fingerprint density at radius 2 is 2.16 bits per heavy atom. The number of hydrogen-bond acceptors (Lipinski definition) is 4. The van der Waals surface area contributed by atoms with Gasteiger partial charge in [-0.3, -0.25) is 4.79 Å². The molecule has 0 radical (unpaired) electrons. The summed E-state index contributed by atoms with van der Waals surface area (Å²) in [5, 5.41) is 10.6. The number of aliphatic hydroxyl groups is 1. The molecule has 1 saturated heterocycles. The van der Waals surface area contributed by atoms with Crippen LogP contribution < -0.4 is 0 Å². The van der Waals surface area contributed by atoms with Crippen LogP contribution in [0.25, 0.3) is 0 Å². The molecule has 0 aromatic carbocycles. The Balaban J connectivity index is 2.08. The van der Waals surface area contributed by atoms with Crippen LogP contribution in [0.2, 0.25) is 0 Å². The summed E-state index contributed by atoms with van der Waals surface area (Å²) >= 11 is 0. The SMILES string of the molecule is C=C1C(=O)O[C@@H]2[C@H]3C(C)=CC[C@H]3[C@](C)(O)C(=O)C[C@@H]12. The van der Waals surface area contributed by atoms with Crippen molar-refractivity contribution in [2.45, 2.75) is 38.4 Å². The number of hydrogen-bond donors (Lipinski definition) is 1. The summed E-state index contributed by atoms with van der Waals surface area (Å²) in [6.07, 6.45) is 2.49. The molecule has 1 heterocycles. The van der Waals surface area contributed by atoms with E-state index in [2.05, 4.69) is 6.58 Å². The predicted octanol–water partition coefficient (Wildman–Crippen LogP) is 1.39. The standard InChI is InChI=1S/C15H18O4/c1-7-4-5-10-12(7)13-9(8(2)14(17)19-13)6-11(16)15(10,3)18/h4,9-10,12-13,18H,2,5-6H2,1,3H3/t9-,10+,12-,13-,15-/m0/s1. The summed E-state index contributed by atoms with van der Waals surface area (Å²) in [4.78, 5) is 24.0. The van der Waals surface area contributed by atoms with Crippen LogP contribution in [-0.4, -0.2) is 28.6 Å². The molecule has 1 N–H and O–H groups in total. The van der Waals surface area contributed by atoms with Gasteiger partial charge in [-0.1, -0.05) is 18.2 Å². The van der Waals surface area contributed by atoms with E-state index in [0.717, 1.165) is 5.57 Å². The zero-order valence-corrected chi connectivity index (χ0v) is 11.2. The molecule has 0 aromatic heterocycles. The number of ketones is 1. The van der Waals surface area contributed by atoms with Crippen molar-refractivity contribution in [1.82, 2.24) is 0 Å². The molecule has 1 saturated carbocycles. The fourth-order valence-corrected chi connectivity index (χ4v) is 3.79. The van der Waals surface area contributed by atoms with Gasteiger partial charge in [0.1, 0.15) is 11.7 Å². The smallest absolute Gasteiger partial charge is 0.334 e. The van der Waals surface area contributed by atoms with Gasteiger partial charge in [0.15, 0.2) is 5.78 Å². The number of fused-ring (bicyclic) bond motifs is 3. The van der Waals surface area contributed by atoms with Crippen LogP contribution in [0.15, 0.2) is 23.8 Å². The maximum atomic E-state index is 12.3. The van der Waals surface area contributed by atoms with Gasteiger partial charge in [-0.05, 0) is 20.3 Å². The minimum atomic E-state index is -1.35. The Morgan fingerprint density at radius 1 is 1.47 bits per heavy atom. The Kier molecular flexibility index (Phi) is 2.52. The number of allylic oxidation sites excluding steroid dienone is 1. The molecule has 2 aliphatic carbocycles. The van der Waals surface area contributed by atoms with Gasteiger partial charge in [-0.15, -0.1) is 0 Å². The fraction of sp³-hybridized carbons (Fsp3) is 0.600. The topological polar surface area (TPSA) is 63.6 Å². The highest BCUT2D eigenvalue weighted by Gasteiger charge is 2.57. The molecule has 0 spiro atoms. The number of Topliss-reactive ketones (excluding diaryl/α,β-unsaturated/α-hetero) is 1.